The van der Waals surface area contributed by atoms with Crippen LogP contribution in [0.1, 0.15) is 101 Å². The van der Waals surface area contributed by atoms with Crippen molar-refractivity contribution in [1.82, 2.24) is 5.32 Å². The molecule has 0 aromatic heterocycles. The smallest absolute Gasteiger partial charge is 0.253 e. The maximum atomic E-state index is 12.4. The van der Waals surface area contributed by atoms with Crippen LogP contribution >= 0.6 is 0 Å². The van der Waals surface area contributed by atoms with Crippen LogP contribution < -0.4 is 10.6 Å². The Balaban J connectivity index is 2.19. The van der Waals surface area contributed by atoms with Crippen LogP contribution in [0, 0.1) is 0 Å². The Morgan fingerprint density at radius 3 is 2.07 bits per heavy atom. The number of benzene rings is 1. The van der Waals surface area contributed by atoms with Gasteiger partial charge in [-0.05, 0) is 25.0 Å². The maximum absolute atomic E-state index is 12.4. The molecule has 2 amide bonds. The van der Waals surface area contributed by atoms with Crippen molar-refractivity contribution in [3.63, 3.8) is 0 Å². The van der Waals surface area contributed by atoms with Gasteiger partial charge in [0.2, 0.25) is 5.91 Å². The van der Waals surface area contributed by atoms with Crippen molar-refractivity contribution in [2.24, 2.45) is 0 Å². The van der Waals surface area contributed by atoms with Gasteiger partial charge in [-0.1, -0.05) is 83.3 Å². The Labute approximate surface area is 183 Å². The Hall–Kier alpha value is -1.88. The van der Waals surface area contributed by atoms with Gasteiger partial charge in [0, 0.05) is 26.7 Å². The molecular weight excluding hydrogens is 376 g/mol. The second-order valence-electron chi connectivity index (χ2n) is 7.98. The highest BCUT2D eigenvalue weighted by Crippen LogP contribution is 2.16. The normalized spacial score (nSPS) is 10.7. The van der Waals surface area contributed by atoms with Crippen LogP contribution in [0.25, 0.3) is 0 Å². The van der Waals surface area contributed by atoms with Crippen LogP contribution in [0.2, 0.25) is 0 Å². The maximum Gasteiger partial charge on any atom is 0.253 e. The highest BCUT2D eigenvalue weighted by molar-refractivity contribution is 6.03. The quantitative estimate of drug-likeness (QED) is 0.283. The van der Waals surface area contributed by atoms with Crippen LogP contribution in [-0.4, -0.2) is 32.1 Å². The Bertz CT molecular complexity index is 590. The van der Waals surface area contributed by atoms with E-state index in [-0.39, 0.29) is 11.8 Å². The molecule has 5 nitrogen and oxygen atoms in total. The van der Waals surface area contributed by atoms with Crippen molar-refractivity contribution in [3.8, 4) is 0 Å². The lowest BCUT2D eigenvalue weighted by atomic mass is 10.1. The number of carbonyl (C=O) groups is 2. The Kier molecular flexibility index (Phi) is 15.6. The summed E-state index contributed by atoms with van der Waals surface area (Å²) in [5.74, 6) is -0.192. The summed E-state index contributed by atoms with van der Waals surface area (Å²) in [5.41, 5.74) is 1.08. The molecule has 0 radical (unpaired) electrons. The molecule has 0 bridgehead atoms. The standard InChI is InChI=1S/C25H42N2O3/c1-3-4-5-6-7-8-9-10-11-12-13-19-24(28)27-23-18-15-14-17-22(23)25(29)26-20-16-21-30-2/h14-15,17-18H,3-13,16,19-21H2,1-2H3,(H,26,29)(H,27,28). The van der Waals surface area contributed by atoms with Crippen molar-refractivity contribution in [2.75, 3.05) is 25.6 Å². The third-order valence-electron chi connectivity index (χ3n) is 5.26. The average molecular weight is 419 g/mol. The van der Waals surface area contributed by atoms with E-state index in [1.165, 1.54) is 57.8 Å². The summed E-state index contributed by atoms with van der Waals surface area (Å²) in [6.45, 7) is 3.41. The fraction of sp³-hybridized carbons (Fsp3) is 0.680. The van der Waals surface area contributed by atoms with Crippen molar-refractivity contribution in [3.05, 3.63) is 29.8 Å². The zero-order valence-electron chi connectivity index (χ0n) is 19.1. The molecule has 0 saturated carbocycles. The van der Waals surface area contributed by atoms with E-state index in [1.54, 1.807) is 19.2 Å². The highest BCUT2D eigenvalue weighted by atomic mass is 16.5. The van der Waals surface area contributed by atoms with Gasteiger partial charge in [-0.3, -0.25) is 9.59 Å². The second-order valence-corrected chi connectivity index (χ2v) is 7.98. The molecule has 170 valence electrons. The van der Waals surface area contributed by atoms with Gasteiger partial charge in [-0.15, -0.1) is 0 Å². The van der Waals surface area contributed by atoms with E-state index in [4.69, 9.17) is 4.74 Å². The summed E-state index contributed by atoms with van der Waals surface area (Å²) in [5, 5.41) is 5.77. The first-order valence-corrected chi connectivity index (χ1v) is 11.8. The Morgan fingerprint density at radius 2 is 1.43 bits per heavy atom. The first kappa shape index (κ1) is 26.2. The van der Waals surface area contributed by atoms with Crippen molar-refractivity contribution < 1.29 is 14.3 Å². The average Bonchev–Trinajstić information content (AvgIpc) is 2.75. The number of para-hydroxylation sites is 1. The van der Waals surface area contributed by atoms with E-state index in [0.717, 1.165) is 19.3 Å². The predicted molar refractivity (Wildman–Crippen MR) is 125 cm³/mol. The SMILES string of the molecule is CCCCCCCCCCCCCC(=O)Nc1ccccc1C(=O)NCCCOC. The van der Waals surface area contributed by atoms with Gasteiger partial charge in [0.15, 0.2) is 0 Å². The molecule has 0 spiro atoms. The van der Waals surface area contributed by atoms with Gasteiger partial charge >= 0.3 is 0 Å². The van der Waals surface area contributed by atoms with E-state index in [9.17, 15) is 9.59 Å². The highest BCUT2D eigenvalue weighted by Gasteiger charge is 2.12. The molecule has 5 heteroatoms. The summed E-state index contributed by atoms with van der Waals surface area (Å²) in [6.07, 6.45) is 15.2. The molecule has 0 atom stereocenters. The lowest BCUT2D eigenvalue weighted by Gasteiger charge is -2.11. The molecule has 1 aromatic carbocycles. The van der Waals surface area contributed by atoms with Gasteiger partial charge < -0.3 is 15.4 Å². The van der Waals surface area contributed by atoms with Crippen molar-refractivity contribution >= 4 is 17.5 Å². The van der Waals surface area contributed by atoms with E-state index < -0.39 is 0 Å². The number of methoxy groups -OCH3 is 1. The summed E-state index contributed by atoms with van der Waals surface area (Å²) < 4.78 is 4.99. The summed E-state index contributed by atoms with van der Waals surface area (Å²) in [7, 11) is 1.64. The lowest BCUT2D eigenvalue weighted by Crippen LogP contribution is -2.26. The van der Waals surface area contributed by atoms with E-state index in [0.29, 0.717) is 30.8 Å². The third kappa shape index (κ3) is 12.6. The fourth-order valence-electron chi connectivity index (χ4n) is 3.47. The lowest BCUT2D eigenvalue weighted by molar-refractivity contribution is -0.116. The molecule has 2 N–H and O–H groups in total. The Morgan fingerprint density at radius 1 is 0.833 bits per heavy atom. The van der Waals surface area contributed by atoms with Gasteiger partial charge in [-0.2, -0.15) is 0 Å². The van der Waals surface area contributed by atoms with Crippen molar-refractivity contribution in [2.45, 2.75) is 90.4 Å². The molecule has 0 fully saturated rings. The van der Waals surface area contributed by atoms with Gasteiger partial charge in [0.05, 0.1) is 11.3 Å². The van der Waals surface area contributed by atoms with Gasteiger partial charge in [0.25, 0.3) is 5.91 Å². The number of amides is 2. The molecule has 0 unspecified atom stereocenters. The molecule has 0 aliphatic rings. The largest absolute Gasteiger partial charge is 0.385 e. The predicted octanol–water partition coefficient (Wildman–Crippen LogP) is 6.09. The first-order chi connectivity index (χ1) is 14.7. The van der Waals surface area contributed by atoms with Gasteiger partial charge in [0.1, 0.15) is 0 Å². The number of anilines is 1. The molecule has 1 rings (SSSR count). The van der Waals surface area contributed by atoms with E-state index in [2.05, 4.69) is 17.6 Å². The molecule has 1 aromatic rings. The topological polar surface area (TPSA) is 67.4 Å². The fourth-order valence-corrected chi connectivity index (χ4v) is 3.47. The third-order valence-corrected chi connectivity index (χ3v) is 5.26. The number of carbonyl (C=O) groups excluding carboxylic acids is 2. The van der Waals surface area contributed by atoms with Crippen LogP contribution in [0.4, 0.5) is 5.69 Å². The van der Waals surface area contributed by atoms with Crippen LogP contribution in [0.3, 0.4) is 0 Å². The molecule has 0 aliphatic heterocycles. The number of ether oxygens (including phenoxy) is 1. The molecule has 30 heavy (non-hydrogen) atoms. The number of hydrogen-bond donors (Lipinski definition) is 2. The number of rotatable bonds is 18. The van der Waals surface area contributed by atoms with E-state index >= 15 is 0 Å². The molecule has 0 saturated heterocycles. The first-order valence-electron chi connectivity index (χ1n) is 11.8. The summed E-state index contributed by atoms with van der Waals surface area (Å²) in [6, 6.07) is 7.16. The number of nitrogens with one attached hydrogen (secondary N) is 2. The molecule has 0 aliphatic carbocycles. The van der Waals surface area contributed by atoms with Crippen LogP contribution in [0.15, 0.2) is 24.3 Å². The minimum Gasteiger partial charge on any atom is -0.385 e. The number of hydrogen-bond acceptors (Lipinski definition) is 3. The minimum atomic E-state index is -0.170. The van der Waals surface area contributed by atoms with Gasteiger partial charge in [-0.25, -0.2) is 0 Å². The van der Waals surface area contributed by atoms with E-state index in [1.807, 2.05) is 12.1 Å². The zero-order valence-corrected chi connectivity index (χ0v) is 19.1. The minimum absolute atomic E-state index is 0.0226. The molecular formula is C25H42N2O3. The second kappa shape index (κ2) is 17.9. The monoisotopic (exact) mass is 418 g/mol. The summed E-state index contributed by atoms with van der Waals surface area (Å²) in [4.78, 5) is 24.7. The molecule has 0 heterocycles. The van der Waals surface area contributed by atoms with Crippen LogP contribution in [-0.2, 0) is 9.53 Å². The van der Waals surface area contributed by atoms with Crippen molar-refractivity contribution in [1.29, 1.82) is 0 Å². The zero-order chi connectivity index (χ0) is 21.9. The van der Waals surface area contributed by atoms with Crippen LogP contribution in [0.5, 0.6) is 0 Å². The number of unbranched alkanes of at least 4 members (excludes halogenated alkanes) is 10. The summed E-state index contributed by atoms with van der Waals surface area (Å²) >= 11 is 0.